The van der Waals surface area contributed by atoms with E-state index in [2.05, 4.69) is 17.1 Å². The van der Waals surface area contributed by atoms with Crippen molar-refractivity contribution in [3.8, 4) is 5.75 Å². The van der Waals surface area contributed by atoms with Crippen molar-refractivity contribution < 1.29 is 14.6 Å². The molecule has 0 aromatic heterocycles. The van der Waals surface area contributed by atoms with Crippen LogP contribution in [0.5, 0.6) is 5.75 Å². The molecule has 4 fully saturated rings. The van der Waals surface area contributed by atoms with Crippen LogP contribution in [0.25, 0.3) is 0 Å². The quantitative estimate of drug-likeness (QED) is 0.508. The second-order valence-corrected chi connectivity index (χ2v) is 9.50. The average molecular weight is 404 g/mol. The predicted molar refractivity (Wildman–Crippen MR) is 118 cm³/mol. The standard InChI is InChI=1S/C26H29NO3/c1-2-30-25(29)20-4-3-5-23(12-20)27-16-21-11-22(6-7-24(21)28)26-13-17-8-18(14-26)10-19(9-17)15-26/h3-7,11-12,16-19,28H,2,8-10,13-15H2,1H3. The molecule has 4 saturated carbocycles. The summed E-state index contributed by atoms with van der Waals surface area (Å²) >= 11 is 0. The number of esters is 1. The number of rotatable bonds is 5. The molecule has 0 atom stereocenters. The maximum Gasteiger partial charge on any atom is 0.338 e. The van der Waals surface area contributed by atoms with E-state index >= 15 is 0 Å². The molecule has 30 heavy (non-hydrogen) atoms. The minimum atomic E-state index is -0.346. The van der Waals surface area contributed by atoms with Crippen LogP contribution in [0.4, 0.5) is 5.69 Å². The van der Waals surface area contributed by atoms with Crippen molar-refractivity contribution in [3.63, 3.8) is 0 Å². The molecule has 6 rings (SSSR count). The van der Waals surface area contributed by atoms with E-state index in [-0.39, 0.29) is 17.1 Å². The highest BCUT2D eigenvalue weighted by Gasteiger charge is 2.51. The first-order chi connectivity index (χ1) is 14.5. The van der Waals surface area contributed by atoms with Gasteiger partial charge in [-0.3, -0.25) is 4.99 Å². The summed E-state index contributed by atoms with van der Waals surface area (Å²) in [7, 11) is 0. The Kier molecular flexibility index (Phi) is 4.88. The Bertz CT molecular complexity index is 958. The second kappa shape index (κ2) is 7.57. The summed E-state index contributed by atoms with van der Waals surface area (Å²) in [5, 5.41) is 10.4. The van der Waals surface area contributed by atoms with Gasteiger partial charge in [-0.1, -0.05) is 12.1 Å². The molecule has 0 heterocycles. The Morgan fingerprint density at radius 2 is 1.80 bits per heavy atom. The number of ether oxygens (including phenoxy) is 1. The molecule has 1 N–H and O–H groups in total. The summed E-state index contributed by atoms with van der Waals surface area (Å²) in [5.74, 6) is 2.54. The number of aliphatic imine (C=N–C) groups is 1. The lowest BCUT2D eigenvalue weighted by Crippen LogP contribution is -2.48. The third kappa shape index (κ3) is 3.53. The first-order valence-corrected chi connectivity index (χ1v) is 11.2. The lowest BCUT2D eigenvalue weighted by Gasteiger charge is -2.57. The van der Waals surface area contributed by atoms with Gasteiger partial charge in [0.05, 0.1) is 17.9 Å². The van der Waals surface area contributed by atoms with Crippen LogP contribution in [-0.4, -0.2) is 23.9 Å². The molecule has 0 aliphatic heterocycles. The van der Waals surface area contributed by atoms with E-state index in [4.69, 9.17) is 4.74 Å². The second-order valence-electron chi connectivity index (χ2n) is 9.50. The predicted octanol–water partition coefficient (Wildman–Crippen LogP) is 5.79. The lowest BCUT2D eigenvalue weighted by molar-refractivity contribution is -0.00520. The van der Waals surface area contributed by atoms with E-state index in [1.165, 1.54) is 44.1 Å². The van der Waals surface area contributed by atoms with Crippen molar-refractivity contribution in [1.82, 2.24) is 0 Å². The zero-order valence-electron chi connectivity index (χ0n) is 17.5. The molecule has 0 saturated heterocycles. The van der Waals surface area contributed by atoms with Crippen LogP contribution in [0, 0.1) is 17.8 Å². The van der Waals surface area contributed by atoms with E-state index in [9.17, 15) is 9.90 Å². The van der Waals surface area contributed by atoms with Gasteiger partial charge in [0.1, 0.15) is 5.75 Å². The highest BCUT2D eigenvalue weighted by atomic mass is 16.5. The number of aromatic hydroxyl groups is 1. The highest BCUT2D eigenvalue weighted by molar-refractivity contribution is 5.91. The molecule has 156 valence electrons. The van der Waals surface area contributed by atoms with Crippen LogP contribution >= 0.6 is 0 Å². The number of carbonyl (C=O) groups excluding carboxylic acids is 1. The summed E-state index contributed by atoms with van der Waals surface area (Å²) in [6.07, 6.45) is 9.85. The molecule has 4 aliphatic rings. The van der Waals surface area contributed by atoms with Gasteiger partial charge in [0.15, 0.2) is 0 Å². The number of phenols is 1. The Morgan fingerprint density at radius 1 is 1.10 bits per heavy atom. The summed E-state index contributed by atoms with van der Waals surface area (Å²) in [6, 6.07) is 13.2. The van der Waals surface area contributed by atoms with Gasteiger partial charge in [-0.25, -0.2) is 4.79 Å². The molecular weight excluding hydrogens is 374 g/mol. The van der Waals surface area contributed by atoms with Crippen molar-refractivity contribution >= 4 is 17.9 Å². The third-order valence-corrected chi connectivity index (χ3v) is 7.39. The largest absolute Gasteiger partial charge is 0.507 e. The van der Waals surface area contributed by atoms with Gasteiger partial charge < -0.3 is 9.84 Å². The maximum absolute atomic E-state index is 12.0. The van der Waals surface area contributed by atoms with Gasteiger partial charge in [0.25, 0.3) is 0 Å². The monoisotopic (exact) mass is 403 g/mol. The first-order valence-electron chi connectivity index (χ1n) is 11.2. The number of nitrogens with zero attached hydrogens (tertiary/aromatic N) is 1. The molecule has 2 aromatic rings. The maximum atomic E-state index is 12.0. The molecule has 4 nitrogen and oxygen atoms in total. The molecule has 0 unspecified atom stereocenters. The molecule has 4 bridgehead atoms. The molecule has 0 spiro atoms. The van der Waals surface area contributed by atoms with Crippen molar-refractivity contribution in [1.29, 1.82) is 0 Å². The number of hydrogen-bond donors (Lipinski definition) is 1. The zero-order valence-corrected chi connectivity index (χ0v) is 17.5. The van der Waals surface area contributed by atoms with Crippen LogP contribution in [-0.2, 0) is 10.2 Å². The summed E-state index contributed by atoms with van der Waals surface area (Å²) in [4.78, 5) is 16.5. The van der Waals surface area contributed by atoms with E-state index in [0.717, 1.165) is 23.3 Å². The van der Waals surface area contributed by atoms with Gasteiger partial charge >= 0.3 is 5.97 Å². The average Bonchev–Trinajstić information content (AvgIpc) is 2.72. The van der Waals surface area contributed by atoms with Crippen LogP contribution in [0.2, 0.25) is 0 Å². The smallest absolute Gasteiger partial charge is 0.338 e. The molecule has 2 aromatic carbocycles. The Balaban J connectivity index is 1.41. The molecule has 4 aliphatic carbocycles. The van der Waals surface area contributed by atoms with E-state index in [1.807, 2.05) is 12.1 Å². The fraction of sp³-hybridized carbons (Fsp3) is 0.462. The van der Waals surface area contributed by atoms with Gasteiger partial charge in [-0.15, -0.1) is 0 Å². The van der Waals surface area contributed by atoms with Crippen molar-refractivity contribution in [2.75, 3.05) is 6.61 Å². The minimum absolute atomic E-state index is 0.244. The van der Waals surface area contributed by atoms with E-state index in [0.29, 0.717) is 17.9 Å². The van der Waals surface area contributed by atoms with E-state index < -0.39 is 0 Å². The van der Waals surface area contributed by atoms with Gasteiger partial charge in [-0.2, -0.15) is 0 Å². The van der Waals surface area contributed by atoms with Crippen molar-refractivity contribution in [3.05, 3.63) is 59.2 Å². The van der Waals surface area contributed by atoms with Gasteiger partial charge in [-0.05, 0) is 105 Å². The number of benzene rings is 2. The summed E-state index contributed by atoms with van der Waals surface area (Å²) in [6.45, 7) is 2.14. The SMILES string of the molecule is CCOC(=O)c1cccc(N=Cc2cc(C34CC5CC(CC(C5)C3)C4)ccc2O)c1. The fourth-order valence-electron chi connectivity index (χ4n) is 6.52. The van der Waals surface area contributed by atoms with E-state index in [1.54, 1.807) is 31.3 Å². The van der Waals surface area contributed by atoms with Crippen LogP contribution in [0.15, 0.2) is 47.5 Å². The minimum Gasteiger partial charge on any atom is -0.507 e. The fourth-order valence-corrected chi connectivity index (χ4v) is 6.52. The van der Waals surface area contributed by atoms with Crippen LogP contribution in [0.3, 0.4) is 0 Å². The highest BCUT2D eigenvalue weighted by Crippen LogP contribution is 2.60. The lowest BCUT2D eigenvalue weighted by atomic mass is 9.48. The van der Waals surface area contributed by atoms with Gasteiger partial charge in [0, 0.05) is 11.8 Å². The van der Waals surface area contributed by atoms with Crippen molar-refractivity contribution in [2.24, 2.45) is 22.7 Å². The zero-order chi connectivity index (χ0) is 20.7. The van der Waals surface area contributed by atoms with Crippen LogP contribution in [0.1, 0.15) is 66.9 Å². The molecule has 0 radical (unpaired) electrons. The summed E-state index contributed by atoms with van der Waals surface area (Å²) < 4.78 is 5.07. The Morgan fingerprint density at radius 3 is 2.47 bits per heavy atom. The molecule has 4 heteroatoms. The van der Waals surface area contributed by atoms with Crippen molar-refractivity contribution in [2.45, 2.75) is 50.9 Å². The van der Waals surface area contributed by atoms with Gasteiger partial charge in [0.2, 0.25) is 0 Å². The Labute approximate surface area is 178 Å². The molecule has 0 amide bonds. The number of hydrogen-bond acceptors (Lipinski definition) is 4. The first kappa shape index (κ1) is 19.3. The number of phenolic OH excluding ortho intramolecular Hbond substituents is 1. The third-order valence-electron chi connectivity index (χ3n) is 7.39. The normalized spacial score (nSPS) is 29.4. The topological polar surface area (TPSA) is 58.9 Å². The molecular formula is C26H29NO3. The van der Waals surface area contributed by atoms with Crippen LogP contribution < -0.4 is 0 Å². The number of carbonyl (C=O) groups is 1. The summed E-state index contributed by atoms with van der Waals surface area (Å²) in [5.41, 5.74) is 3.54. The Hall–Kier alpha value is -2.62.